The molecule has 1 heterocycles. The highest BCUT2D eigenvalue weighted by molar-refractivity contribution is 9.10. The van der Waals surface area contributed by atoms with Crippen LogP contribution in [-0.2, 0) is 6.54 Å². The lowest BCUT2D eigenvalue weighted by Crippen LogP contribution is -2.39. The van der Waals surface area contributed by atoms with Crippen LogP contribution in [0.1, 0.15) is 28.8 Å². The summed E-state index contributed by atoms with van der Waals surface area (Å²) < 4.78 is 14.6. The highest BCUT2D eigenvalue weighted by Crippen LogP contribution is 2.27. The monoisotopic (exact) mass is 439 g/mol. The Morgan fingerprint density at radius 1 is 1.27 bits per heavy atom. The van der Waals surface area contributed by atoms with Crippen molar-refractivity contribution < 1.29 is 9.18 Å². The molecule has 0 atom stereocenters. The second kappa shape index (κ2) is 8.37. The van der Waals surface area contributed by atoms with Crippen molar-refractivity contribution in [3.05, 3.63) is 62.8 Å². The van der Waals surface area contributed by atoms with E-state index in [9.17, 15) is 9.18 Å². The van der Waals surface area contributed by atoms with Gasteiger partial charge in [-0.3, -0.25) is 9.69 Å². The van der Waals surface area contributed by atoms with E-state index in [-0.39, 0.29) is 11.6 Å². The van der Waals surface area contributed by atoms with Gasteiger partial charge >= 0.3 is 0 Å². The Balaban J connectivity index is 1.61. The van der Waals surface area contributed by atoms with Crippen LogP contribution in [0.3, 0.4) is 0 Å². The number of piperidine rings is 1. The van der Waals surface area contributed by atoms with Crippen molar-refractivity contribution in [2.45, 2.75) is 25.4 Å². The minimum Gasteiger partial charge on any atom is -0.381 e. The smallest absolute Gasteiger partial charge is 0.253 e. The average Bonchev–Trinajstić information content (AvgIpc) is 2.57. The Bertz CT molecular complexity index is 792. The Labute approximate surface area is 165 Å². The number of amides is 1. The molecule has 1 saturated heterocycles. The van der Waals surface area contributed by atoms with Crippen molar-refractivity contribution in [2.24, 2.45) is 5.73 Å². The predicted octanol–water partition coefficient (Wildman–Crippen LogP) is 4.42. The van der Waals surface area contributed by atoms with Gasteiger partial charge in [-0.2, -0.15) is 0 Å². The number of halogens is 3. The summed E-state index contributed by atoms with van der Waals surface area (Å²) in [4.78, 5) is 14.0. The highest BCUT2D eigenvalue weighted by atomic mass is 79.9. The number of nitrogens with zero attached hydrogens (tertiary/aromatic N) is 1. The Morgan fingerprint density at radius 3 is 2.54 bits per heavy atom. The van der Waals surface area contributed by atoms with Gasteiger partial charge in [0.15, 0.2) is 0 Å². The molecule has 0 radical (unpaired) electrons. The fourth-order valence-electron chi connectivity index (χ4n) is 3.24. The van der Waals surface area contributed by atoms with Crippen LogP contribution < -0.4 is 11.1 Å². The van der Waals surface area contributed by atoms with Gasteiger partial charge in [0.05, 0.1) is 11.3 Å². The van der Waals surface area contributed by atoms with Crippen LogP contribution in [-0.4, -0.2) is 29.9 Å². The molecule has 1 aliphatic heterocycles. The van der Waals surface area contributed by atoms with E-state index in [1.807, 2.05) is 24.3 Å². The zero-order chi connectivity index (χ0) is 18.7. The van der Waals surface area contributed by atoms with Crippen molar-refractivity contribution >= 4 is 39.1 Å². The maximum Gasteiger partial charge on any atom is 0.253 e. The molecule has 1 amide bonds. The Morgan fingerprint density at radius 2 is 1.92 bits per heavy atom. The minimum absolute atomic E-state index is 0.0863. The lowest BCUT2D eigenvalue weighted by Gasteiger charge is -2.33. The van der Waals surface area contributed by atoms with Crippen molar-refractivity contribution in [2.75, 3.05) is 18.4 Å². The third-order valence-corrected chi connectivity index (χ3v) is 5.28. The summed E-state index contributed by atoms with van der Waals surface area (Å²) in [6, 6.07) is 11.0. The molecular weight excluding hydrogens is 421 g/mol. The van der Waals surface area contributed by atoms with Gasteiger partial charge in [0.1, 0.15) is 5.82 Å². The third kappa shape index (κ3) is 4.75. The fraction of sp³-hybridized carbons (Fsp3) is 0.316. The summed E-state index contributed by atoms with van der Waals surface area (Å²) in [5.74, 6) is -1.38. The molecule has 3 rings (SSSR count). The molecule has 0 aliphatic carbocycles. The predicted molar refractivity (Wildman–Crippen MR) is 106 cm³/mol. The maximum absolute atomic E-state index is 14.1. The summed E-state index contributed by atoms with van der Waals surface area (Å²) in [6.45, 7) is 2.72. The lowest BCUT2D eigenvalue weighted by molar-refractivity contribution is 0.0997. The molecular formula is C19H20BrClFN3O. The van der Waals surface area contributed by atoms with Crippen LogP contribution in [0.25, 0.3) is 0 Å². The molecule has 4 nitrogen and oxygen atoms in total. The van der Waals surface area contributed by atoms with Gasteiger partial charge in [0.2, 0.25) is 0 Å². The molecule has 26 heavy (non-hydrogen) atoms. The normalized spacial score (nSPS) is 15.8. The lowest BCUT2D eigenvalue weighted by atomic mass is 10.0. The maximum atomic E-state index is 14.1. The van der Waals surface area contributed by atoms with Crippen molar-refractivity contribution in [3.8, 4) is 0 Å². The van der Waals surface area contributed by atoms with E-state index in [2.05, 4.69) is 26.1 Å². The van der Waals surface area contributed by atoms with Crippen LogP contribution in [0.5, 0.6) is 0 Å². The third-order valence-electron chi connectivity index (χ3n) is 4.57. The molecule has 0 bridgehead atoms. The summed E-state index contributed by atoms with van der Waals surface area (Å²) in [5.41, 5.74) is 6.92. The molecule has 2 aromatic carbocycles. The molecule has 1 fully saturated rings. The number of likely N-dealkylation sites (tertiary alicyclic amines) is 1. The molecule has 0 aromatic heterocycles. The Hall–Kier alpha value is -1.63. The zero-order valence-electron chi connectivity index (χ0n) is 14.1. The van der Waals surface area contributed by atoms with Gasteiger partial charge in [-0.05, 0) is 42.7 Å². The number of carbonyl (C=O) groups excluding carboxylic acids is 1. The number of hydrogen-bond acceptors (Lipinski definition) is 3. The van der Waals surface area contributed by atoms with Crippen molar-refractivity contribution in [1.29, 1.82) is 0 Å². The van der Waals surface area contributed by atoms with E-state index in [1.54, 1.807) is 6.07 Å². The highest BCUT2D eigenvalue weighted by Gasteiger charge is 2.22. The van der Waals surface area contributed by atoms with Gasteiger partial charge in [0.25, 0.3) is 5.91 Å². The number of nitrogens with two attached hydrogens (primary N) is 1. The van der Waals surface area contributed by atoms with Crippen LogP contribution in [0.4, 0.5) is 10.1 Å². The molecule has 3 N–H and O–H groups in total. The first-order valence-electron chi connectivity index (χ1n) is 8.44. The number of nitrogens with one attached hydrogen (secondary N) is 1. The summed E-state index contributed by atoms with van der Waals surface area (Å²) in [7, 11) is 0. The van der Waals surface area contributed by atoms with E-state index in [0.717, 1.165) is 37.5 Å². The fourth-order valence-corrected chi connectivity index (χ4v) is 3.80. The van der Waals surface area contributed by atoms with Gasteiger partial charge in [-0.25, -0.2) is 4.39 Å². The molecule has 0 saturated carbocycles. The number of carbonyl (C=O) groups is 1. The summed E-state index contributed by atoms with van der Waals surface area (Å²) in [6.07, 6.45) is 1.81. The quantitative estimate of drug-likeness (QED) is 0.724. The zero-order valence-corrected chi connectivity index (χ0v) is 16.5. The first kappa shape index (κ1) is 19.1. The molecule has 0 unspecified atom stereocenters. The number of benzene rings is 2. The van der Waals surface area contributed by atoms with Gasteiger partial charge in [-0.15, -0.1) is 0 Å². The summed E-state index contributed by atoms with van der Waals surface area (Å²) in [5, 5.41) is 4.03. The second-order valence-electron chi connectivity index (χ2n) is 6.50. The van der Waals surface area contributed by atoms with Gasteiger partial charge in [-0.1, -0.05) is 39.7 Å². The van der Waals surface area contributed by atoms with Crippen molar-refractivity contribution in [1.82, 2.24) is 4.90 Å². The minimum atomic E-state index is -0.766. The molecule has 2 aromatic rings. The van der Waals surface area contributed by atoms with Crippen LogP contribution >= 0.6 is 27.5 Å². The first-order valence-corrected chi connectivity index (χ1v) is 9.61. The number of anilines is 1. The van der Waals surface area contributed by atoms with Crippen molar-refractivity contribution in [3.63, 3.8) is 0 Å². The van der Waals surface area contributed by atoms with Gasteiger partial charge in [0, 0.05) is 35.2 Å². The largest absolute Gasteiger partial charge is 0.381 e. The molecule has 7 heteroatoms. The van der Waals surface area contributed by atoms with E-state index in [1.165, 1.54) is 11.6 Å². The van der Waals surface area contributed by atoms with E-state index >= 15 is 0 Å². The van der Waals surface area contributed by atoms with E-state index in [0.29, 0.717) is 10.2 Å². The van der Waals surface area contributed by atoms with Gasteiger partial charge < -0.3 is 11.1 Å². The molecule has 138 valence electrons. The molecule has 1 aliphatic rings. The van der Waals surface area contributed by atoms with Crippen LogP contribution in [0.15, 0.2) is 40.9 Å². The summed E-state index contributed by atoms with van der Waals surface area (Å²) >= 11 is 9.19. The average molecular weight is 441 g/mol. The van der Waals surface area contributed by atoms with Crippen LogP contribution in [0, 0.1) is 5.82 Å². The number of hydrogen-bond donors (Lipinski definition) is 2. The SMILES string of the molecule is NC(=O)c1c(F)cc(Br)cc1NC1CCN(Cc2ccc(Cl)cc2)CC1. The van der Waals surface area contributed by atoms with E-state index in [4.69, 9.17) is 17.3 Å². The molecule has 0 spiro atoms. The topological polar surface area (TPSA) is 58.4 Å². The standard InChI is InChI=1S/C19H20BrClFN3O/c20-13-9-16(22)18(19(23)26)17(10-13)24-15-5-7-25(8-6-15)11-12-1-3-14(21)4-2-12/h1-4,9-10,15,24H,5-8,11H2,(H2,23,26). The van der Waals surface area contributed by atoms with E-state index < -0.39 is 11.7 Å². The number of primary amides is 1. The second-order valence-corrected chi connectivity index (χ2v) is 7.85. The first-order chi connectivity index (χ1) is 12.4. The number of rotatable bonds is 5. The Kier molecular flexibility index (Phi) is 6.16. The van der Waals surface area contributed by atoms with Crippen LogP contribution in [0.2, 0.25) is 5.02 Å².